The zero-order valence-corrected chi connectivity index (χ0v) is 36.0. The van der Waals surface area contributed by atoms with Gasteiger partial charge in [0, 0.05) is 30.8 Å². The van der Waals surface area contributed by atoms with Crippen molar-refractivity contribution >= 4 is 50.4 Å². The van der Waals surface area contributed by atoms with Crippen molar-refractivity contribution in [3.05, 3.63) is 36.4 Å². The fraction of sp³-hybridized carbons (Fsp3) is 0.659. The Morgan fingerprint density at radius 1 is 0.984 bits per heavy atom. The highest BCUT2D eigenvalue weighted by Crippen LogP contribution is 2.52. The number of carbonyl (C=O) groups excluding carboxylic acids is 4. The zero-order valence-electron chi connectivity index (χ0n) is 35.2. The fourth-order valence-corrected chi connectivity index (χ4v) is 11.4. The maximum atomic E-state index is 15.1. The molecule has 0 spiro atoms. The monoisotopic (exact) mass is 862 g/mol. The number of nitrogens with one attached hydrogen (secondary N) is 3. The quantitative estimate of drug-likeness (QED) is 0.309. The van der Waals surface area contributed by atoms with Gasteiger partial charge >= 0.3 is 6.09 Å². The van der Waals surface area contributed by atoms with Crippen LogP contribution in [0.4, 0.5) is 10.6 Å². The molecule has 4 heterocycles. The summed E-state index contributed by atoms with van der Waals surface area (Å²) in [7, 11) is -2.31. The van der Waals surface area contributed by atoms with Crippen LogP contribution in [0.3, 0.4) is 0 Å². The highest BCUT2D eigenvalue weighted by atomic mass is 32.2. The average Bonchev–Trinajstić information content (AvgIpc) is 4.20. The van der Waals surface area contributed by atoms with Crippen molar-refractivity contribution in [3.63, 3.8) is 0 Å². The molecule has 9 rings (SSSR count). The number of hydrogen-bond donors (Lipinski definition) is 3. The summed E-state index contributed by atoms with van der Waals surface area (Å²) in [5, 5.41) is 6.79. The van der Waals surface area contributed by atoms with Crippen LogP contribution in [0.5, 0.6) is 11.6 Å². The number of amides is 4. The highest BCUT2D eigenvalue weighted by molar-refractivity contribution is 7.91. The third-order valence-corrected chi connectivity index (χ3v) is 15.8. The topological polar surface area (TPSA) is 195 Å². The minimum atomic E-state index is -3.91. The molecule has 6 fully saturated rings. The first-order valence-corrected chi connectivity index (χ1v) is 23.7. The molecule has 3 N–H and O–H groups in total. The van der Waals surface area contributed by atoms with E-state index in [1.807, 2.05) is 43.3 Å². The van der Waals surface area contributed by atoms with E-state index in [4.69, 9.17) is 23.9 Å². The SMILES string of the molecule is COc1ccc2c(O[C@@H]3C[C@H]4C(=O)N[C@]5(C(=O)NS(=O)(=O)C6CC6)C[C@H]5/C=C\CC[C@H](C)C[C@@H](C)[C@H](NC(=O)O[C@@H]5C[C@@H]6C[C@@H]6C5)C(=O)N4C3)nc(N3CCOCC3)cc2c1. The number of aromatic nitrogens is 1. The first-order chi connectivity index (χ1) is 29.3. The Kier molecular flexibility index (Phi) is 11.3. The Balaban J connectivity index is 1.04. The Morgan fingerprint density at radius 2 is 1.75 bits per heavy atom. The van der Waals surface area contributed by atoms with Gasteiger partial charge in [0.2, 0.25) is 27.7 Å². The van der Waals surface area contributed by atoms with E-state index in [9.17, 15) is 22.8 Å². The number of alkyl carbamates (subject to hydrolysis) is 1. The van der Waals surface area contributed by atoms with Gasteiger partial charge in [0.1, 0.15) is 41.4 Å². The predicted octanol–water partition coefficient (Wildman–Crippen LogP) is 3.82. The molecular formula is C44H58N6O10S. The van der Waals surface area contributed by atoms with Crippen molar-refractivity contribution in [1.82, 2.24) is 25.2 Å². The number of sulfonamides is 1. The summed E-state index contributed by atoms with van der Waals surface area (Å²) in [6.07, 6.45) is 8.40. The molecule has 17 heteroatoms. The summed E-state index contributed by atoms with van der Waals surface area (Å²) in [4.78, 5) is 65.9. The lowest BCUT2D eigenvalue weighted by molar-refractivity contribution is -0.142. The Hall–Kier alpha value is -4.64. The van der Waals surface area contributed by atoms with Gasteiger partial charge in [-0.1, -0.05) is 26.0 Å². The second kappa shape index (κ2) is 16.6. The third-order valence-electron chi connectivity index (χ3n) is 14.0. The minimum Gasteiger partial charge on any atom is -0.497 e. The normalized spacial score (nSPS) is 34.4. The lowest BCUT2D eigenvalue weighted by atomic mass is 9.88. The number of pyridine rings is 1. The van der Waals surface area contributed by atoms with Gasteiger partial charge in [-0.05, 0) is 111 Å². The Labute approximate surface area is 356 Å². The number of hydrogen-bond acceptors (Lipinski definition) is 12. The van der Waals surface area contributed by atoms with E-state index in [-0.39, 0.29) is 37.3 Å². The average molecular weight is 863 g/mol. The molecule has 61 heavy (non-hydrogen) atoms. The van der Waals surface area contributed by atoms with Crippen molar-refractivity contribution in [2.24, 2.45) is 29.6 Å². The molecule has 330 valence electrons. The van der Waals surface area contributed by atoms with Crippen LogP contribution >= 0.6 is 0 Å². The van der Waals surface area contributed by atoms with Gasteiger partial charge < -0.3 is 39.4 Å². The number of nitrogens with zero attached hydrogens (tertiary/aromatic N) is 3. The lowest BCUT2D eigenvalue weighted by Gasteiger charge is -2.33. The molecular weight excluding hydrogens is 805 g/mol. The largest absolute Gasteiger partial charge is 0.497 e. The number of allylic oxidation sites excluding steroid dienone is 1. The Morgan fingerprint density at radius 3 is 2.49 bits per heavy atom. The van der Waals surface area contributed by atoms with Crippen LogP contribution in [0.25, 0.3) is 10.8 Å². The Bertz CT molecular complexity index is 2180. The summed E-state index contributed by atoms with van der Waals surface area (Å²) in [5.74, 6) is 0.415. The van der Waals surface area contributed by atoms with Gasteiger partial charge in [0.05, 0.1) is 32.1 Å². The molecule has 1 aromatic carbocycles. The van der Waals surface area contributed by atoms with Gasteiger partial charge in [-0.2, -0.15) is 4.98 Å². The van der Waals surface area contributed by atoms with Gasteiger partial charge in [-0.25, -0.2) is 13.2 Å². The van der Waals surface area contributed by atoms with E-state index in [0.717, 1.165) is 24.6 Å². The van der Waals surface area contributed by atoms with Crippen molar-refractivity contribution < 1.29 is 46.5 Å². The molecule has 2 saturated heterocycles. The van der Waals surface area contributed by atoms with Gasteiger partial charge in [-0.15, -0.1) is 0 Å². The molecule has 0 bridgehead atoms. The molecule has 16 nitrogen and oxygen atoms in total. The standard InChI is InChI=1S/C44H58N6O10S/c1-25-6-4-5-7-30-23-44(30,42(53)48-61(55,56)34-9-10-34)47-39(51)36-22-33(24-50(36)41(52)38(26(2)16-25)46-43(54)60-32-18-27-17-28(27)19-32)59-40-35-11-8-31(57-3)20-29(35)21-37(45-40)49-12-14-58-15-13-49/h5,7-8,11,20-21,25-28,30,32-34,36,38H,4,6,9-10,12-19,22-24H2,1-3H3,(H,46,54)(H,47,51)(H,48,53)/b7-5-/t25-,26+,27-,28+,30+,32+,33+,36-,38-,44+/m0/s1. The number of benzene rings is 1. The molecule has 4 amide bonds. The van der Waals surface area contributed by atoms with Gasteiger partial charge in [-0.3, -0.25) is 19.1 Å². The van der Waals surface area contributed by atoms with Crippen LogP contribution < -0.4 is 29.7 Å². The summed E-state index contributed by atoms with van der Waals surface area (Å²) in [6.45, 7) is 6.41. The van der Waals surface area contributed by atoms with Gasteiger partial charge in [0.25, 0.3) is 5.91 Å². The van der Waals surface area contributed by atoms with Crippen LogP contribution in [0, 0.1) is 29.6 Å². The van der Waals surface area contributed by atoms with Crippen LogP contribution in [0.1, 0.15) is 78.1 Å². The van der Waals surface area contributed by atoms with Gasteiger partial charge in [0.15, 0.2) is 0 Å². The molecule has 2 aromatic rings. The number of rotatable bonds is 9. The fourth-order valence-electron chi connectivity index (χ4n) is 10.1. The third kappa shape index (κ3) is 8.86. The number of methoxy groups -OCH3 is 1. The van der Waals surface area contributed by atoms with E-state index in [2.05, 4.69) is 27.2 Å². The molecule has 7 aliphatic rings. The van der Waals surface area contributed by atoms with E-state index in [0.29, 0.717) is 86.7 Å². The van der Waals surface area contributed by atoms with E-state index in [1.165, 1.54) is 11.3 Å². The highest BCUT2D eigenvalue weighted by Gasteiger charge is 2.62. The number of ether oxygens (including phenoxy) is 4. The van der Waals surface area contributed by atoms with Crippen LogP contribution in [0.15, 0.2) is 36.4 Å². The molecule has 0 unspecified atom stereocenters. The molecule has 4 saturated carbocycles. The van der Waals surface area contributed by atoms with Crippen LogP contribution in [-0.4, -0.2) is 117 Å². The second-order valence-electron chi connectivity index (χ2n) is 18.6. The van der Waals surface area contributed by atoms with Crippen LogP contribution in [0.2, 0.25) is 0 Å². The molecule has 0 radical (unpaired) electrons. The molecule has 1 aromatic heterocycles. The number of morpholine rings is 1. The van der Waals surface area contributed by atoms with Crippen molar-refractivity contribution in [1.29, 1.82) is 0 Å². The predicted molar refractivity (Wildman–Crippen MR) is 224 cm³/mol. The van der Waals surface area contributed by atoms with Crippen molar-refractivity contribution in [2.75, 3.05) is 44.9 Å². The van der Waals surface area contributed by atoms with Crippen molar-refractivity contribution in [2.45, 2.75) is 113 Å². The lowest BCUT2D eigenvalue weighted by Crippen LogP contribution is -2.59. The number of fused-ring (bicyclic) bond motifs is 4. The number of anilines is 1. The first-order valence-electron chi connectivity index (χ1n) is 22.1. The molecule has 4 aliphatic carbocycles. The smallest absolute Gasteiger partial charge is 0.408 e. The summed E-state index contributed by atoms with van der Waals surface area (Å²) in [5.41, 5.74) is -1.52. The summed E-state index contributed by atoms with van der Waals surface area (Å²) >= 11 is 0. The second-order valence-corrected chi connectivity index (χ2v) is 20.6. The van der Waals surface area contributed by atoms with Crippen LogP contribution in [-0.2, 0) is 33.9 Å². The summed E-state index contributed by atoms with van der Waals surface area (Å²) < 4.78 is 52.0. The zero-order chi connectivity index (χ0) is 42.6. The minimum absolute atomic E-state index is 0.0158. The van der Waals surface area contributed by atoms with E-state index in [1.54, 1.807) is 7.11 Å². The maximum Gasteiger partial charge on any atom is 0.408 e. The first kappa shape index (κ1) is 41.7. The molecule has 3 aliphatic heterocycles. The van der Waals surface area contributed by atoms with E-state index < -0.39 is 68.7 Å². The number of carbonyl (C=O) groups is 4. The van der Waals surface area contributed by atoms with E-state index >= 15 is 4.79 Å². The maximum absolute atomic E-state index is 15.1. The molecule has 10 atom stereocenters. The van der Waals surface area contributed by atoms with Crippen molar-refractivity contribution in [3.8, 4) is 11.6 Å². The summed E-state index contributed by atoms with van der Waals surface area (Å²) in [6, 6.07) is 5.43.